The Morgan fingerprint density at radius 3 is 2.45 bits per heavy atom. The molecule has 2 aliphatic heterocycles. The number of rotatable bonds is 6. The number of sulfonamides is 1. The zero-order chi connectivity index (χ0) is 21.8. The van der Waals surface area contributed by atoms with Crippen LogP contribution >= 0.6 is 11.3 Å². The van der Waals surface area contributed by atoms with Crippen LogP contribution in [0.15, 0.2) is 28.5 Å². The van der Waals surface area contributed by atoms with Gasteiger partial charge in [0.2, 0.25) is 10.0 Å². The van der Waals surface area contributed by atoms with Crippen LogP contribution in [0.3, 0.4) is 0 Å². The third kappa shape index (κ3) is 5.34. The molecule has 1 aromatic carbocycles. The van der Waals surface area contributed by atoms with E-state index < -0.39 is 10.0 Å². The summed E-state index contributed by atoms with van der Waals surface area (Å²) in [6.45, 7) is 5.88. The summed E-state index contributed by atoms with van der Waals surface area (Å²) in [4.78, 5) is 20.1. The van der Waals surface area contributed by atoms with Crippen molar-refractivity contribution in [2.45, 2.75) is 56.9 Å². The Balaban J connectivity index is 1.46. The minimum absolute atomic E-state index is 0.176. The summed E-state index contributed by atoms with van der Waals surface area (Å²) in [6.07, 6.45) is 6.56. The molecule has 0 bridgehead atoms. The normalized spacial score (nSPS) is 18.7. The molecule has 2 aromatic rings. The number of likely N-dealkylation sites (tertiary alicyclic amines) is 1. The minimum Gasteiger partial charge on any atom is -0.298 e. The summed E-state index contributed by atoms with van der Waals surface area (Å²) >= 11 is 1.40. The molecule has 3 heterocycles. The van der Waals surface area contributed by atoms with Gasteiger partial charge in [-0.3, -0.25) is 15.0 Å². The van der Waals surface area contributed by atoms with E-state index in [9.17, 15) is 13.2 Å². The maximum Gasteiger partial charge on any atom is 0.257 e. The fourth-order valence-electron chi connectivity index (χ4n) is 4.21. The molecule has 1 aromatic heterocycles. The molecule has 0 aliphatic carbocycles. The second kappa shape index (κ2) is 9.77. The van der Waals surface area contributed by atoms with E-state index in [4.69, 9.17) is 0 Å². The monoisotopic (exact) mass is 462 g/mol. The Hall–Kier alpha value is -1.81. The SMILES string of the molecule is Cc1ccc(S(=O)(=O)N2CCCCC2)cc1C(=O)Nc1nc(CN2CCCCC2)cs1. The first-order valence-electron chi connectivity index (χ1n) is 11.0. The lowest BCUT2D eigenvalue weighted by molar-refractivity contribution is 0.102. The summed E-state index contributed by atoms with van der Waals surface area (Å²) in [5.41, 5.74) is 2.06. The van der Waals surface area contributed by atoms with E-state index >= 15 is 0 Å². The van der Waals surface area contributed by atoms with Gasteiger partial charge >= 0.3 is 0 Å². The van der Waals surface area contributed by atoms with Gasteiger partial charge in [-0.1, -0.05) is 18.9 Å². The molecule has 2 aliphatic rings. The van der Waals surface area contributed by atoms with Crippen LogP contribution in [-0.2, 0) is 16.6 Å². The van der Waals surface area contributed by atoms with Gasteiger partial charge in [0, 0.05) is 30.6 Å². The molecule has 1 amide bonds. The number of hydrogen-bond acceptors (Lipinski definition) is 6. The molecular weight excluding hydrogens is 432 g/mol. The Bertz CT molecular complexity index is 1020. The maximum atomic E-state index is 13.0. The van der Waals surface area contributed by atoms with Gasteiger partial charge in [0.05, 0.1) is 10.6 Å². The van der Waals surface area contributed by atoms with Gasteiger partial charge in [0.1, 0.15) is 0 Å². The molecule has 1 N–H and O–H groups in total. The lowest BCUT2D eigenvalue weighted by atomic mass is 10.1. The molecule has 0 radical (unpaired) electrons. The van der Waals surface area contributed by atoms with E-state index in [1.807, 2.05) is 12.3 Å². The second-order valence-electron chi connectivity index (χ2n) is 8.38. The van der Waals surface area contributed by atoms with Crippen molar-refractivity contribution in [1.29, 1.82) is 0 Å². The first kappa shape index (κ1) is 22.4. The van der Waals surface area contributed by atoms with Crippen LogP contribution in [0, 0.1) is 6.92 Å². The number of piperidine rings is 2. The molecule has 4 rings (SSSR count). The van der Waals surface area contributed by atoms with E-state index in [0.717, 1.165) is 50.2 Å². The summed E-state index contributed by atoms with van der Waals surface area (Å²) in [5, 5.41) is 5.38. The highest BCUT2D eigenvalue weighted by Crippen LogP contribution is 2.24. The number of aryl methyl sites for hydroxylation is 1. The van der Waals surface area contributed by atoms with Gasteiger partial charge in [-0.05, 0) is 63.4 Å². The van der Waals surface area contributed by atoms with E-state index in [1.54, 1.807) is 12.1 Å². The topological polar surface area (TPSA) is 82.6 Å². The van der Waals surface area contributed by atoms with Gasteiger partial charge in [-0.15, -0.1) is 11.3 Å². The summed E-state index contributed by atoms with van der Waals surface area (Å²) in [7, 11) is -3.59. The summed E-state index contributed by atoms with van der Waals surface area (Å²) in [6, 6.07) is 4.79. The van der Waals surface area contributed by atoms with Crippen LogP contribution in [0.1, 0.15) is 60.1 Å². The van der Waals surface area contributed by atoms with Gasteiger partial charge in [0.25, 0.3) is 5.91 Å². The van der Waals surface area contributed by atoms with Crippen LogP contribution in [0.25, 0.3) is 0 Å². The number of amides is 1. The van der Waals surface area contributed by atoms with Crippen LogP contribution in [0.5, 0.6) is 0 Å². The molecular formula is C22H30N4O3S2. The third-order valence-electron chi connectivity index (χ3n) is 6.01. The highest BCUT2D eigenvalue weighted by atomic mass is 32.2. The molecule has 0 unspecified atom stereocenters. The molecule has 2 saturated heterocycles. The van der Waals surface area contributed by atoms with E-state index in [1.165, 1.54) is 41.0 Å². The number of carbonyl (C=O) groups is 1. The number of carbonyl (C=O) groups excluding carboxylic acids is 1. The average Bonchev–Trinajstić information content (AvgIpc) is 3.21. The number of anilines is 1. The van der Waals surface area contributed by atoms with Gasteiger partial charge in [-0.25, -0.2) is 13.4 Å². The maximum absolute atomic E-state index is 13.0. The van der Waals surface area contributed by atoms with E-state index in [-0.39, 0.29) is 10.8 Å². The summed E-state index contributed by atoms with van der Waals surface area (Å²) in [5.74, 6) is -0.327. The Kier molecular flexibility index (Phi) is 7.05. The number of thiazole rings is 1. The fourth-order valence-corrected chi connectivity index (χ4v) is 6.45. The third-order valence-corrected chi connectivity index (χ3v) is 8.71. The largest absolute Gasteiger partial charge is 0.298 e. The van der Waals surface area contributed by atoms with Gasteiger partial charge in [0.15, 0.2) is 5.13 Å². The first-order valence-corrected chi connectivity index (χ1v) is 13.3. The number of hydrogen-bond donors (Lipinski definition) is 1. The molecule has 7 nitrogen and oxygen atoms in total. The van der Waals surface area contributed by atoms with Crippen LogP contribution in [0.2, 0.25) is 0 Å². The second-order valence-corrected chi connectivity index (χ2v) is 11.2. The molecule has 2 fully saturated rings. The number of nitrogens with one attached hydrogen (secondary N) is 1. The van der Waals surface area contributed by atoms with Gasteiger partial charge in [-0.2, -0.15) is 4.31 Å². The van der Waals surface area contributed by atoms with Crippen molar-refractivity contribution in [2.24, 2.45) is 0 Å². The average molecular weight is 463 g/mol. The van der Waals surface area contributed by atoms with Crippen molar-refractivity contribution in [3.05, 3.63) is 40.4 Å². The van der Waals surface area contributed by atoms with Crippen molar-refractivity contribution in [3.63, 3.8) is 0 Å². The zero-order valence-electron chi connectivity index (χ0n) is 18.0. The smallest absolute Gasteiger partial charge is 0.257 e. The van der Waals surface area contributed by atoms with Crippen molar-refractivity contribution in [1.82, 2.24) is 14.2 Å². The number of aromatic nitrogens is 1. The van der Waals surface area contributed by atoms with E-state index in [0.29, 0.717) is 23.8 Å². The van der Waals surface area contributed by atoms with Gasteiger partial charge < -0.3 is 0 Å². The summed E-state index contributed by atoms with van der Waals surface area (Å²) < 4.78 is 27.5. The molecule has 31 heavy (non-hydrogen) atoms. The molecule has 9 heteroatoms. The first-order chi connectivity index (χ1) is 14.9. The Morgan fingerprint density at radius 1 is 1.06 bits per heavy atom. The van der Waals surface area contributed by atoms with Crippen molar-refractivity contribution < 1.29 is 13.2 Å². The standard InChI is InChI=1S/C22H30N4O3S2/c1-17-8-9-19(31(28,29)26-12-6-3-7-13-26)14-20(17)21(27)24-22-23-18(16-30-22)15-25-10-4-2-5-11-25/h8-9,14,16H,2-7,10-13,15H2,1H3,(H,23,24,27). The highest BCUT2D eigenvalue weighted by molar-refractivity contribution is 7.89. The van der Waals surface area contributed by atoms with Crippen molar-refractivity contribution >= 4 is 32.4 Å². The van der Waals surface area contributed by atoms with Crippen LogP contribution in [0.4, 0.5) is 5.13 Å². The quantitative estimate of drug-likeness (QED) is 0.705. The van der Waals surface area contributed by atoms with Crippen molar-refractivity contribution in [2.75, 3.05) is 31.5 Å². The van der Waals surface area contributed by atoms with Crippen LogP contribution in [-0.4, -0.2) is 54.7 Å². The Morgan fingerprint density at radius 2 is 1.74 bits per heavy atom. The predicted molar refractivity (Wildman–Crippen MR) is 123 cm³/mol. The van der Waals surface area contributed by atoms with E-state index in [2.05, 4.69) is 15.2 Å². The molecule has 0 spiro atoms. The molecule has 0 saturated carbocycles. The highest BCUT2D eigenvalue weighted by Gasteiger charge is 2.27. The lowest BCUT2D eigenvalue weighted by Gasteiger charge is -2.26. The van der Waals surface area contributed by atoms with Crippen LogP contribution < -0.4 is 5.32 Å². The predicted octanol–water partition coefficient (Wildman–Crippen LogP) is 3.86. The minimum atomic E-state index is -3.59. The lowest BCUT2D eigenvalue weighted by Crippen LogP contribution is -2.35. The molecule has 0 atom stereocenters. The number of nitrogens with zero attached hydrogens (tertiary/aromatic N) is 3. The molecule has 168 valence electrons. The fraction of sp³-hybridized carbons (Fsp3) is 0.545. The Labute approximate surface area is 188 Å². The number of benzene rings is 1. The zero-order valence-corrected chi connectivity index (χ0v) is 19.6. The van der Waals surface area contributed by atoms with Crippen molar-refractivity contribution in [3.8, 4) is 0 Å².